The maximum Gasteiger partial charge on any atom is 0.161 e. The molecule has 0 heterocycles. The molecule has 1 unspecified atom stereocenters. The van der Waals surface area contributed by atoms with Gasteiger partial charge in [-0.2, -0.15) is 0 Å². The van der Waals surface area contributed by atoms with Gasteiger partial charge >= 0.3 is 0 Å². The highest BCUT2D eigenvalue weighted by Crippen LogP contribution is 2.26. The lowest BCUT2D eigenvalue weighted by Gasteiger charge is -2.17. The van der Waals surface area contributed by atoms with E-state index in [1.807, 2.05) is 45.0 Å². The van der Waals surface area contributed by atoms with Crippen molar-refractivity contribution >= 4 is 10.8 Å². The summed E-state index contributed by atoms with van der Waals surface area (Å²) in [5.74, 6) is 2.35. The highest BCUT2D eigenvalue weighted by molar-refractivity contribution is 7.85. The quantitative estimate of drug-likeness (QED) is 0.793. The van der Waals surface area contributed by atoms with Gasteiger partial charge in [0.15, 0.2) is 11.5 Å². The van der Waals surface area contributed by atoms with E-state index < -0.39 is 16.3 Å². The molecule has 0 aliphatic heterocycles. The van der Waals surface area contributed by atoms with Crippen LogP contribution in [0.4, 0.5) is 0 Å². The number of benzene rings is 1. The Kier molecular flexibility index (Phi) is 6.31. The highest BCUT2D eigenvalue weighted by atomic mass is 32.2. The summed E-state index contributed by atoms with van der Waals surface area (Å²) in [5.41, 5.74) is 5.42. The van der Waals surface area contributed by atoms with Gasteiger partial charge in [0, 0.05) is 22.1 Å². The minimum atomic E-state index is -0.964. The predicted molar refractivity (Wildman–Crippen MR) is 79.2 cm³/mol. The number of hydrogen-bond acceptors (Lipinski definition) is 4. The second-order valence-corrected chi connectivity index (χ2v) is 6.58. The van der Waals surface area contributed by atoms with Crippen molar-refractivity contribution in [1.82, 2.24) is 0 Å². The SMILES string of the molecule is CCOc1ccccc1OCCS(=O)CC(C)(C)N. The van der Waals surface area contributed by atoms with Crippen molar-refractivity contribution in [3.8, 4) is 11.5 Å². The molecule has 0 amide bonds. The number of nitrogens with two attached hydrogens (primary N) is 1. The molecular weight excluding hydrogens is 262 g/mol. The third kappa shape index (κ3) is 6.59. The number of ether oxygens (including phenoxy) is 2. The molecule has 0 saturated heterocycles. The fourth-order valence-electron chi connectivity index (χ4n) is 1.58. The van der Waals surface area contributed by atoms with Crippen LogP contribution in [0.2, 0.25) is 0 Å². The van der Waals surface area contributed by atoms with Crippen molar-refractivity contribution in [2.75, 3.05) is 24.7 Å². The molecule has 1 atom stereocenters. The van der Waals surface area contributed by atoms with Gasteiger partial charge in [0.1, 0.15) is 0 Å². The van der Waals surface area contributed by atoms with Crippen molar-refractivity contribution in [1.29, 1.82) is 0 Å². The van der Waals surface area contributed by atoms with Crippen LogP contribution in [0.25, 0.3) is 0 Å². The van der Waals surface area contributed by atoms with E-state index >= 15 is 0 Å². The van der Waals surface area contributed by atoms with Crippen molar-refractivity contribution in [3.05, 3.63) is 24.3 Å². The van der Waals surface area contributed by atoms with Crippen LogP contribution in [-0.4, -0.2) is 34.5 Å². The molecule has 5 heteroatoms. The summed E-state index contributed by atoms with van der Waals surface area (Å²) < 4.78 is 22.8. The molecule has 1 aromatic carbocycles. The molecule has 0 radical (unpaired) electrons. The van der Waals surface area contributed by atoms with Gasteiger partial charge in [-0.25, -0.2) is 0 Å². The van der Waals surface area contributed by atoms with Crippen LogP contribution in [0.1, 0.15) is 20.8 Å². The normalized spacial score (nSPS) is 13.1. The lowest BCUT2D eigenvalue weighted by atomic mass is 10.1. The number of hydrogen-bond donors (Lipinski definition) is 1. The minimum Gasteiger partial charge on any atom is -0.490 e. The summed E-state index contributed by atoms with van der Waals surface area (Å²) in [6.45, 7) is 6.65. The Balaban J connectivity index is 2.43. The highest BCUT2D eigenvalue weighted by Gasteiger charge is 2.15. The van der Waals surface area contributed by atoms with Crippen molar-refractivity contribution in [2.24, 2.45) is 5.73 Å². The van der Waals surface area contributed by atoms with Gasteiger partial charge in [-0.3, -0.25) is 4.21 Å². The Hall–Kier alpha value is -1.07. The van der Waals surface area contributed by atoms with Crippen LogP contribution in [0.5, 0.6) is 11.5 Å². The molecule has 0 saturated carbocycles. The average molecular weight is 285 g/mol. The van der Waals surface area contributed by atoms with Gasteiger partial charge in [-0.15, -0.1) is 0 Å². The van der Waals surface area contributed by atoms with Crippen molar-refractivity contribution in [3.63, 3.8) is 0 Å². The van der Waals surface area contributed by atoms with E-state index in [1.165, 1.54) is 0 Å². The second-order valence-electron chi connectivity index (χ2n) is 5.01. The van der Waals surface area contributed by atoms with E-state index in [0.29, 0.717) is 30.5 Å². The van der Waals surface area contributed by atoms with Crippen LogP contribution in [-0.2, 0) is 10.8 Å². The van der Waals surface area contributed by atoms with E-state index in [9.17, 15) is 4.21 Å². The molecule has 0 spiro atoms. The first-order valence-electron chi connectivity index (χ1n) is 6.41. The average Bonchev–Trinajstić information content (AvgIpc) is 2.29. The van der Waals surface area contributed by atoms with E-state index in [1.54, 1.807) is 0 Å². The molecule has 2 N–H and O–H groups in total. The van der Waals surface area contributed by atoms with Gasteiger partial charge in [-0.1, -0.05) is 12.1 Å². The topological polar surface area (TPSA) is 61.5 Å². The maximum absolute atomic E-state index is 11.8. The Labute approximate surface area is 117 Å². The van der Waals surface area contributed by atoms with Crippen LogP contribution in [0.3, 0.4) is 0 Å². The molecule has 1 aromatic rings. The first-order chi connectivity index (χ1) is 8.92. The zero-order valence-corrected chi connectivity index (χ0v) is 12.7. The van der Waals surface area contributed by atoms with E-state index in [4.69, 9.17) is 15.2 Å². The molecule has 1 rings (SSSR count). The zero-order valence-electron chi connectivity index (χ0n) is 11.8. The molecule has 0 aliphatic rings. The summed E-state index contributed by atoms with van der Waals surface area (Å²) in [6, 6.07) is 7.49. The molecule has 0 bridgehead atoms. The Morgan fingerprint density at radius 3 is 2.32 bits per heavy atom. The van der Waals surface area contributed by atoms with Gasteiger partial charge in [0.05, 0.1) is 19.0 Å². The summed E-state index contributed by atoms with van der Waals surface area (Å²) in [7, 11) is -0.964. The predicted octanol–water partition coefficient (Wildman–Crippen LogP) is 1.95. The molecule has 108 valence electrons. The third-order valence-corrected chi connectivity index (χ3v) is 3.94. The van der Waals surface area contributed by atoms with Gasteiger partial charge < -0.3 is 15.2 Å². The molecule has 0 aromatic heterocycles. The number of rotatable bonds is 8. The molecule has 4 nitrogen and oxygen atoms in total. The molecular formula is C14H23NO3S. The van der Waals surface area contributed by atoms with Crippen LogP contribution in [0, 0.1) is 0 Å². The monoisotopic (exact) mass is 285 g/mol. The molecule has 19 heavy (non-hydrogen) atoms. The van der Waals surface area contributed by atoms with Crippen LogP contribution >= 0.6 is 0 Å². The third-order valence-electron chi connectivity index (χ3n) is 2.25. The standard InChI is InChI=1S/C14H23NO3S/c1-4-17-12-7-5-6-8-13(12)18-9-10-19(16)11-14(2,3)15/h5-8H,4,9-11,15H2,1-3H3. The largest absolute Gasteiger partial charge is 0.490 e. The van der Waals surface area contributed by atoms with Gasteiger partial charge in [-0.05, 0) is 32.9 Å². The fourth-order valence-corrected chi connectivity index (χ4v) is 2.82. The summed E-state index contributed by atoms with van der Waals surface area (Å²) in [6.07, 6.45) is 0. The van der Waals surface area contributed by atoms with Crippen LogP contribution < -0.4 is 15.2 Å². The molecule has 0 aliphatic carbocycles. The van der Waals surface area contributed by atoms with E-state index in [0.717, 1.165) is 5.75 Å². The Morgan fingerprint density at radius 1 is 1.21 bits per heavy atom. The Morgan fingerprint density at radius 2 is 1.79 bits per heavy atom. The van der Waals surface area contributed by atoms with Gasteiger partial charge in [0.25, 0.3) is 0 Å². The lowest BCUT2D eigenvalue weighted by molar-refractivity contribution is 0.289. The van der Waals surface area contributed by atoms with Crippen molar-refractivity contribution < 1.29 is 13.7 Å². The van der Waals surface area contributed by atoms with Gasteiger partial charge in [0.2, 0.25) is 0 Å². The first-order valence-corrected chi connectivity index (χ1v) is 7.89. The van der Waals surface area contributed by atoms with E-state index in [-0.39, 0.29) is 0 Å². The Bertz CT molecular complexity index is 415. The summed E-state index contributed by atoms with van der Waals surface area (Å²) in [5, 5.41) is 0. The minimum absolute atomic E-state index is 0.396. The lowest BCUT2D eigenvalue weighted by Crippen LogP contribution is -2.39. The number of para-hydroxylation sites is 2. The molecule has 0 fully saturated rings. The van der Waals surface area contributed by atoms with E-state index in [2.05, 4.69) is 0 Å². The fraction of sp³-hybridized carbons (Fsp3) is 0.571. The smallest absolute Gasteiger partial charge is 0.161 e. The van der Waals surface area contributed by atoms with Crippen molar-refractivity contribution in [2.45, 2.75) is 26.3 Å². The summed E-state index contributed by atoms with van der Waals surface area (Å²) in [4.78, 5) is 0. The summed E-state index contributed by atoms with van der Waals surface area (Å²) >= 11 is 0. The maximum atomic E-state index is 11.8. The zero-order chi connectivity index (χ0) is 14.3. The second kappa shape index (κ2) is 7.50. The first kappa shape index (κ1) is 16.0. The van der Waals surface area contributed by atoms with Crippen LogP contribution in [0.15, 0.2) is 24.3 Å².